The third-order valence-corrected chi connectivity index (χ3v) is 5.18. The van der Waals surface area contributed by atoms with Crippen molar-refractivity contribution < 1.29 is 19.1 Å². The SMILES string of the molecule is CCOc1ccccc1[C@H]1C(C(=O)OC)=C(C)NC2=C1C(=O)c1ccccc12. The Balaban J connectivity index is 1.97. The molecule has 1 aliphatic carbocycles. The number of ketones is 1. The fourth-order valence-corrected chi connectivity index (χ4v) is 4.03. The van der Waals surface area contributed by atoms with Crippen LogP contribution < -0.4 is 10.1 Å². The number of fused-ring (bicyclic) bond motifs is 2. The van der Waals surface area contributed by atoms with Crippen molar-refractivity contribution >= 4 is 17.4 Å². The molecule has 142 valence electrons. The van der Waals surface area contributed by atoms with Crippen LogP contribution in [0.5, 0.6) is 5.75 Å². The number of benzene rings is 2. The van der Waals surface area contributed by atoms with Gasteiger partial charge in [-0.2, -0.15) is 0 Å². The predicted molar refractivity (Wildman–Crippen MR) is 106 cm³/mol. The first-order chi connectivity index (χ1) is 13.6. The number of para-hydroxylation sites is 1. The van der Waals surface area contributed by atoms with Gasteiger partial charge in [-0.25, -0.2) is 4.79 Å². The number of nitrogens with one attached hydrogen (secondary N) is 1. The number of dihydropyridines is 1. The number of carbonyl (C=O) groups is 2. The summed E-state index contributed by atoms with van der Waals surface area (Å²) in [6.07, 6.45) is 0. The molecule has 1 heterocycles. The predicted octanol–water partition coefficient (Wildman–Crippen LogP) is 3.83. The smallest absolute Gasteiger partial charge is 0.336 e. The number of carbonyl (C=O) groups excluding carboxylic acids is 2. The van der Waals surface area contributed by atoms with Gasteiger partial charge in [-0.15, -0.1) is 0 Å². The van der Waals surface area contributed by atoms with Gasteiger partial charge in [0, 0.05) is 28.0 Å². The van der Waals surface area contributed by atoms with Crippen LogP contribution in [-0.2, 0) is 9.53 Å². The van der Waals surface area contributed by atoms with Gasteiger partial charge in [-0.3, -0.25) is 4.79 Å². The molecule has 0 amide bonds. The highest BCUT2D eigenvalue weighted by Gasteiger charge is 2.43. The molecule has 0 radical (unpaired) electrons. The number of rotatable bonds is 4. The normalized spacial score (nSPS) is 17.8. The minimum Gasteiger partial charge on any atom is -0.494 e. The lowest BCUT2D eigenvalue weighted by Crippen LogP contribution is -2.29. The summed E-state index contributed by atoms with van der Waals surface area (Å²) < 4.78 is 10.9. The molecule has 0 saturated heterocycles. The number of Topliss-reactive ketones (excluding diaryl/α,β-unsaturated/α-hetero) is 1. The van der Waals surface area contributed by atoms with Crippen LogP contribution in [0.3, 0.4) is 0 Å². The molecule has 0 fully saturated rings. The fourth-order valence-electron chi connectivity index (χ4n) is 4.03. The van der Waals surface area contributed by atoms with E-state index in [1.54, 1.807) is 0 Å². The Labute approximate surface area is 163 Å². The molecule has 28 heavy (non-hydrogen) atoms. The van der Waals surface area contributed by atoms with E-state index in [0.29, 0.717) is 34.8 Å². The number of esters is 1. The van der Waals surface area contributed by atoms with Crippen LogP contribution in [0.15, 0.2) is 65.4 Å². The largest absolute Gasteiger partial charge is 0.494 e. The molecule has 0 bridgehead atoms. The van der Waals surface area contributed by atoms with E-state index in [1.165, 1.54) is 7.11 Å². The minimum atomic E-state index is -0.564. The molecule has 0 aromatic heterocycles. The zero-order chi connectivity index (χ0) is 19.8. The molecule has 0 unspecified atom stereocenters. The summed E-state index contributed by atoms with van der Waals surface area (Å²) >= 11 is 0. The topological polar surface area (TPSA) is 64.6 Å². The highest BCUT2D eigenvalue weighted by molar-refractivity contribution is 6.23. The Morgan fingerprint density at radius 1 is 1.07 bits per heavy atom. The summed E-state index contributed by atoms with van der Waals surface area (Å²) in [5, 5.41) is 3.28. The zero-order valence-electron chi connectivity index (χ0n) is 16.0. The van der Waals surface area contributed by atoms with Gasteiger partial charge in [-0.05, 0) is 19.9 Å². The molecular weight excluding hydrogens is 354 g/mol. The molecule has 4 rings (SSSR count). The molecule has 5 heteroatoms. The summed E-state index contributed by atoms with van der Waals surface area (Å²) in [5.41, 5.74) is 4.67. The highest BCUT2D eigenvalue weighted by Crippen LogP contribution is 2.48. The lowest BCUT2D eigenvalue weighted by Gasteiger charge is -2.30. The second-order valence-corrected chi connectivity index (χ2v) is 6.72. The molecule has 1 aliphatic heterocycles. The van der Waals surface area contributed by atoms with Crippen molar-refractivity contribution in [2.24, 2.45) is 0 Å². The molecular formula is C23H21NO4. The Bertz CT molecular complexity index is 1050. The quantitative estimate of drug-likeness (QED) is 0.823. The standard InChI is InChI=1S/C23H21NO4/c1-4-28-17-12-8-7-11-16(17)19-18(23(26)27-3)13(2)24-21-14-9-5-6-10-15(14)22(25)20(19)21/h5-12,19,24H,4H2,1-3H3/t19-/m0/s1. The molecule has 2 aromatic carbocycles. The fraction of sp³-hybridized carbons (Fsp3) is 0.217. The Morgan fingerprint density at radius 2 is 1.75 bits per heavy atom. The van der Waals surface area contributed by atoms with Crippen molar-refractivity contribution in [3.05, 3.63) is 82.1 Å². The van der Waals surface area contributed by atoms with Gasteiger partial charge in [0.2, 0.25) is 0 Å². The molecule has 1 N–H and O–H groups in total. The average Bonchev–Trinajstić information content (AvgIpc) is 2.99. The third kappa shape index (κ3) is 2.62. The van der Waals surface area contributed by atoms with Crippen molar-refractivity contribution in [3.63, 3.8) is 0 Å². The van der Waals surface area contributed by atoms with Crippen LogP contribution in [0.2, 0.25) is 0 Å². The summed E-state index contributed by atoms with van der Waals surface area (Å²) in [5.74, 6) is -0.451. The minimum absolute atomic E-state index is 0.0803. The molecule has 2 aromatic rings. The van der Waals surface area contributed by atoms with E-state index in [4.69, 9.17) is 9.47 Å². The van der Waals surface area contributed by atoms with Crippen molar-refractivity contribution in [2.75, 3.05) is 13.7 Å². The average molecular weight is 375 g/mol. The van der Waals surface area contributed by atoms with E-state index in [1.807, 2.05) is 62.4 Å². The lowest BCUT2D eigenvalue weighted by atomic mass is 9.79. The molecule has 5 nitrogen and oxygen atoms in total. The number of ether oxygens (including phenoxy) is 2. The summed E-state index contributed by atoms with van der Waals surface area (Å²) in [4.78, 5) is 26.0. The van der Waals surface area contributed by atoms with E-state index < -0.39 is 11.9 Å². The third-order valence-electron chi connectivity index (χ3n) is 5.18. The van der Waals surface area contributed by atoms with E-state index in [-0.39, 0.29) is 5.78 Å². The van der Waals surface area contributed by atoms with Crippen molar-refractivity contribution in [2.45, 2.75) is 19.8 Å². The molecule has 0 spiro atoms. The summed E-state index contributed by atoms with van der Waals surface area (Å²) in [6.45, 7) is 4.22. The maximum absolute atomic E-state index is 13.3. The van der Waals surface area contributed by atoms with Crippen LogP contribution >= 0.6 is 0 Å². The zero-order valence-corrected chi connectivity index (χ0v) is 16.0. The monoisotopic (exact) mass is 375 g/mol. The first kappa shape index (κ1) is 18.0. The van der Waals surface area contributed by atoms with E-state index >= 15 is 0 Å². The highest BCUT2D eigenvalue weighted by atomic mass is 16.5. The first-order valence-electron chi connectivity index (χ1n) is 9.24. The van der Waals surface area contributed by atoms with Crippen LogP contribution in [0.4, 0.5) is 0 Å². The van der Waals surface area contributed by atoms with Gasteiger partial charge in [0.1, 0.15) is 5.75 Å². The van der Waals surface area contributed by atoms with E-state index in [0.717, 1.165) is 16.8 Å². The van der Waals surface area contributed by atoms with Crippen molar-refractivity contribution in [3.8, 4) is 5.75 Å². The summed E-state index contributed by atoms with van der Waals surface area (Å²) in [7, 11) is 1.35. The molecule has 1 atom stereocenters. The first-order valence-corrected chi connectivity index (χ1v) is 9.24. The maximum atomic E-state index is 13.3. The van der Waals surface area contributed by atoms with E-state index in [2.05, 4.69) is 5.32 Å². The van der Waals surface area contributed by atoms with Gasteiger partial charge >= 0.3 is 5.97 Å². The van der Waals surface area contributed by atoms with Crippen molar-refractivity contribution in [1.29, 1.82) is 0 Å². The Morgan fingerprint density at radius 3 is 2.46 bits per heavy atom. The number of hydrogen-bond acceptors (Lipinski definition) is 5. The van der Waals surface area contributed by atoms with Gasteiger partial charge in [0.25, 0.3) is 0 Å². The van der Waals surface area contributed by atoms with Gasteiger partial charge < -0.3 is 14.8 Å². The number of allylic oxidation sites excluding steroid dienone is 2. The van der Waals surface area contributed by atoms with Gasteiger partial charge in [0.05, 0.1) is 30.9 Å². The lowest BCUT2D eigenvalue weighted by molar-refractivity contribution is -0.136. The van der Waals surface area contributed by atoms with Gasteiger partial charge in [0.15, 0.2) is 5.78 Å². The second kappa shape index (κ2) is 7.00. The van der Waals surface area contributed by atoms with Crippen LogP contribution in [-0.4, -0.2) is 25.5 Å². The van der Waals surface area contributed by atoms with Gasteiger partial charge in [-0.1, -0.05) is 42.5 Å². The molecule has 0 saturated carbocycles. The second-order valence-electron chi connectivity index (χ2n) is 6.72. The summed E-state index contributed by atoms with van der Waals surface area (Å²) in [6, 6.07) is 15.0. The number of hydrogen-bond donors (Lipinski definition) is 1. The maximum Gasteiger partial charge on any atom is 0.336 e. The van der Waals surface area contributed by atoms with E-state index in [9.17, 15) is 9.59 Å². The van der Waals surface area contributed by atoms with Crippen LogP contribution in [0.1, 0.15) is 41.3 Å². The Hall–Kier alpha value is -3.34. The van der Waals surface area contributed by atoms with Crippen molar-refractivity contribution in [1.82, 2.24) is 5.32 Å². The van der Waals surface area contributed by atoms with Crippen LogP contribution in [0.25, 0.3) is 5.70 Å². The Kier molecular flexibility index (Phi) is 4.51. The van der Waals surface area contributed by atoms with Crippen LogP contribution in [0, 0.1) is 0 Å². The number of methoxy groups -OCH3 is 1. The molecule has 2 aliphatic rings.